The average Bonchev–Trinajstić information content (AvgIpc) is 2.86. The number of amides is 1. The first kappa shape index (κ1) is 26.0. The van der Waals surface area contributed by atoms with Crippen LogP contribution in [0.3, 0.4) is 0 Å². The molecule has 0 atom stereocenters. The number of nitrogens with zero attached hydrogens (tertiary/aromatic N) is 1. The zero-order valence-corrected chi connectivity index (χ0v) is 21.2. The van der Waals surface area contributed by atoms with Crippen LogP contribution in [0.15, 0.2) is 41.3 Å². The highest BCUT2D eigenvalue weighted by atomic mass is 35.5. The molecule has 1 amide bonds. The molecular formula is C24H31ClN2O6S. The second kappa shape index (κ2) is 11.7. The van der Waals surface area contributed by atoms with Crippen LogP contribution < -0.4 is 23.8 Å². The van der Waals surface area contributed by atoms with E-state index in [1.165, 1.54) is 52.0 Å². The van der Waals surface area contributed by atoms with Crippen molar-refractivity contribution in [3.05, 3.63) is 41.4 Å². The lowest BCUT2D eigenvalue weighted by atomic mass is 9.89. The van der Waals surface area contributed by atoms with Gasteiger partial charge in [-0.05, 0) is 49.1 Å². The highest BCUT2D eigenvalue weighted by molar-refractivity contribution is 7.92. The summed E-state index contributed by atoms with van der Waals surface area (Å²) in [4.78, 5) is 12.9. The Morgan fingerprint density at radius 3 is 2.26 bits per heavy atom. The molecule has 0 bridgehead atoms. The van der Waals surface area contributed by atoms with Crippen LogP contribution in [0.2, 0.25) is 5.02 Å². The van der Waals surface area contributed by atoms with Crippen LogP contribution in [0.4, 0.5) is 5.69 Å². The summed E-state index contributed by atoms with van der Waals surface area (Å²) in [6, 6.07) is 8.89. The molecule has 3 rings (SSSR count). The number of ether oxygens (including phenoxy) is 3. The van der Waals surface area contributed by atoms with Crippen LogP contribution in [0.1, 0.15) is 32.1 Å². The van der Waals surface area contributed by atoms with Crippen molar-refractivity contribution in [1.29, 1.82) is 0 Å². The van der Waals surface area contributed by atoms with Gasteiger partial charge in [0.15, 0.2) is 11.5 Å². The standard InChI is InChI=1S/C24H31ClN2O6S/c1-31-21-11-9-18(25)13-20(21)27(16-24(28)26-15-17-7-5-4-6-8-17)34(29,30)19-10-12-22(32-2)23(14-19)33-3/h9-14,17H,4-8,15-16H2,1-3H3,(H,26,28). The molecule has 0 spiro atoms. The molecule has 1 aliphatic rings. The fraction of sp³-hybridized carbons (Fsp3) is 0.458. The average molecular weight is 511 g/mol. The summed E-state index contributed by atoms with van der Waals surface area (Å²) in [7, 11) is 0.112. The Bertz CT molecular complexity index is 1100. The highest BCUT2D eigenvalue weighted by Gasteiger charge is 2.31. The molecule has 1 aliphatic carbocycles. The van der Waals surface area contributed by atoms with Gasteiger partial charge in [-0.2, -0.15) is 0 Å². The molecule has 0 unspecified atom stereocenters. The van der Waals surface area contributed by atoms with Crippen molar-refractivity contribution in [2.75, 3.05) is 38.7 Å². The third kappa shape index (κ3) is 6.07. The molecule has 0 radical (unpaired) electrons. The topological polar surface area (TPSA) is 94.2 Å². The first-order chi connectivity index (χ1) is 16.3. The number of halogens is 1. The van der Waals surface area contributed by atoms with Gasteiger partial charge in [-0.25, -0.2) is 8.42 Å². The maximum Gasteiger partial charge on any atom is 0.265 e. The summed E-state index contributed by atoms with van der Waals surface area (Å²) in [6.45, 7) is 0.0931. The van der Waals surface area contributed by atoms with Gasteiger partial charge in [0, 0.05) is 17.6 Å². The predicted octanol–water partition coefficient (Wildman–Crippen LogP) is 4.26. The monoisotopic (exact) mass is 510 g/mol. The normalized spacial score (nSPS) is 14.4. The minimum absolute atomic E-state index is 0.0627. The zero-order valence-electron chi connectivity index (χ0n) is 19.7. The molecule has 1 N–H and O–H groups in total. The fourth-order valence-electron chi connectivity index (χ4n) is 4.10. The summed E-state index contributed by atoms with van der Waals surface area (Å²) in [5.74, 6) is 0.918. The van der Waals surface area contributed by atoms with Crippen molar-refractivity contribution in [2.45, 2.75) is 37.0 Å². The van der Waals surface area contributed by atoms with Gasteiger partial charge in [0.1, 0.15) is 12.3 Å². The molecule has 0 saturated heterocycles. The molecule has 186 valence electrons. The first-order valence-electron chi connectivity index (χ1n) is 11.1. The Morgan fingerprint density at radius 1 is 0.971 bits per heavy atom. The van der Waals surface area contributed by atoms with Crippen molar-refractivity contribution in [1.82, 2.24) is 5.32 Å². The molecule has 10 heteroatoms. The van der Waals surface area contributed by atoms with Gasteiger partial charge in [-0.3, -0.25) is 9.10 Å². The van der Waals surface area contributed by atoms with Gasteiger partial charge in [-0.1, -0.05) is 30.9 Å². The molecule has 1 saturated carbocycles. The Balaban J connectivity index is 1.96. The van der Waals surface area contributed by atoms with Crippen molar-refractivity contribution in [2.24, 2.45) is 5.92 Å². The largest absolute Gasteiger partial charge is 0.495 e. The maximum absolute atomic E-state index is 13.8. The lowest BCUT2D eigenvalue weighted by molar-refractivity contribution is -0.119. The first-order valence-corrected chi connectivity index (χ1v) is 13.0. The quantitative estimate of drug-likeness (QED) is 0.513. The van der Waals surface area contributed by atoms with E-state index in [2.05, 4.69) is 5.32 Å². The summed E-state index contributed by atoms with van der Waals surface area (Å²) in [5.41, 5.74) is 0.164. The van der Waals surface area contributed by atoms with Crippen LogP contribution >= 0.6 is 11.6 Å². The number of benzene rings is 2. The van der Waals surface area contributed by atoms with Crippen molar-refractivity contribution in [3.8, 4) is 17.2 Å². The van der Waals surface area contributed by atoms with Crippen LogP contribution in [0.5, 0.6) is 17.2 Å². The number of carbonyl (C=O) groups is 1. The van der Waals surface area contributed by atoms with Crippen molar-refractivity contribution in [3.63, 3.8) is 0 Å². The molecule has 1 fully saturated rings. The molecule has 2 aromatic rings. The Morgan fingerprint density at radius 2 is 1.62 bits per heavy atom. The molecule has 0 aromatic heterocycles. The molecule has 2 aromatic carbocycles. The van der Waals surface area contributed by atoms with Crippen LogP contribution in [0.25, 0.3) is 0 Å². The molecule has 8 nitrogen and oxygen atoms in total. The highest BCUT2D eigenvalue weighted by Crippen LogP contribution is 2.37. The van der Waals surface area contributed by atoms with Crippen molar-refractivity contribution >= 4 is 33.2 Å². The number of hydrogen-bond donors (Lipinski definition) is 1. The van der Waals surface area contributed by atoms with E-state index in [0.717, 1.165) is 30.0 Å². The second-order valence-electron chi connectivity index (χ2n) is 8.15. The minimum Gasteiger partial charge on any atom is -0.495 e. The smallest absolute Gasteiger partial charge is 0.265 e. The van der Waals surface area contributed by atoms with Gasteiger partial charge in [0.2, 0.25) is 5.91 Å². The van der Waals surface area contributed by atoms with Crippen LogP contribution in [-0.4, -0.2) is 48.7 Å². The van der Waals surface area contributed by atoms with Crippen LogP contribution in [-0.2, 0) is 14.8 Å². The van der Waals surface area contributed by atoms with Gasteiger partial charge in [-0.15, -0.1) is 0 Å². The summed E-state index contributed by atoms with van der Waals surface area (Å²) < 4.78 is 44.4. The molecule has 34 heavy (non-hydrogen) atoms. The van der Waals surface area contributed by atoms with Gasteiger partial charge in [0.25, 0.3) is 10.0 Å². The van der Waals surface area contributed by atoms with E-state index in [1.807, 2.05) is 0 Å². The third-order valence-electron chi connectivity index (χ3n) is 5.95. The van der Waals surface area contributed by atoms with Crippen LogP contribution in [0, 0.1) is 5.92 Å². The Hall–Kier alpha value is -2.65. The van der Waals surface area contributed by atoms with Gasteiger partial charge in [0.05, 0.1) is 31.9 Å². The molecule has 0 aliphatic heterocycles. The Labute approximate surface area is 206 Å². The SMILES string of the molecule is COc1ccc(S(=O)(=O)N(CC(=O)NCC2CCCCC2)c2cc(Cl)ccc2OC)cc1OC. The van der Waals surface area contributed by atoms with E-state index in [0.29, 0.717) is 23.2 Å². The van der Waals surface area contributed by atoms with E-state index in [9.17, 15) is 13.2 Å². The number of sulfonamides is 1. The maximum atomic E-state index is 13.8. The van der Waals surface area contributed by atoms with Crippen molar-refractivity contribution < 1.29 is 27.4 Å². The number of rotatable bonds is 10. The Kier molecular flexibility index (Phi) is 8.90. The summed E-state index contributed by atoms with van der Waals surface area (Å²) >= 11 is 6.19. The zero-order chi connectivity index (χ0) is 24.7. The minimum atomic E-state index is -4.20. The number of hydrogen-bond acceptors (Lipinski definition) is 6. The summed E-state index contributed by atoms with van der Waals surface area (Å²) in [6.07, 6.45) is 5.66. The van der Waals surface area contributed by atoms with E-state index in [4.69, 9.17) is 25.8 Å². The van der Waals surface area contributed by atoms with Gasteiger partial charge < -0.3 is 19.5 Å². The fourth-order valence-corrected chi connectivity index (χ4v) is 5.70. The van der Waals surface area contributed by atoms with E-state index in [1.54, 1.807) is 12.1 Å². The van der Waals surface area contributed by atoms with E-state index < -0.39 is 22.5 Å². The molecule has 0 heterocycles. The van der Waals surface area contributed by atoms with Gasteiger partial charge >= 0.3 is 0 Å². The second-order valence-corrected chi connectivity index (χ2v) is 10.5. The van der Waals surface area contributed by atoms with E-state index in [-0.39, 0.29) is 22.1 Å². The lowest BCUT2D eigenvalue weighted by Crippen LogP contribution is -2.42. The number of methoxy groups -OCH3 is 3. The third-order valence-corrected chi connectivity index (χ3v) is 7.94. The number of carbonyl (C=O) groups excluding carboxylic acids is 1. The predicted molar refractivity (Wildman–Crippen MR) is 132 cm³/mol. The van der Waals surface area contributed by atoms with E-state index >= 15 is 0 Å². The molecular weight excluding hydrogens is 480 g/mol. The lowest BCUT2D eigenvalue weighted by Gasteiger charge is -2.27. The number of nitrogens with one attached hydrogen (secondary N) is 1. The summed E-state index contributed by atoms with van der Waals surface area (Å²) in [5, 5.41) is 3.22. The number of anilines is 1.